The van der Waals surface area contributed by atoms with E-state index < -0.39 is 29.4 Å². The van der Waals surface area contributed by atoms with Crippen LogP contribution in [-0.4, -0.2) is 9.97 Å². The molecule has 8 heteroatoms. The predicted molar refractivity (Wildman–Crippen MR) is 41.5 cm³/mol. The third-order valence-corrected chi connectivity index (χ3v) is 1.91. The van der Waals surface area contributed by atoms with Crippen molar-refractivity contribution in [3.8, 4) is 0 Å². The second kappa shape index (κ2) is 3.60. The molecule has 0 fully saturated rings. The Labute approximate surface area is 86.3 Å². The van der Waals surface area contributed by atoms with Crippen LogP contribution in [0.2, 0.25) is 0 Å². The van der Waals surface area contributed by atoms with E-state index in [0.29, 0.717) is 0 Å². The molecule has 2 nitrogen and oxygen atoms in total. The van der Waals surface area contributed by atoms with Crippen molar-refractivity contribution < 1.29 is 26.3 Å². The van der Waals surface area contributed by atoms with Crippen molar-refractivity contribution in [2.24, 2.45) is 0 Å². The van der Waals surface area contributed by atoms with Gasteiger partial charge in [-0.1, -0.05) is 0 Å². The molecule has 16 heavy (non-hydrogen) atoms. The number of rotatable bonds is 0. The third kappa shape index (κ3) is 2.42. The summed E-state index contributed by atoms with van der Waals surface area (Å²) in [6.07, 6.45) is -9.91. The van der Waals surface area contributed by atoms with Crippen LogP contribution in [0, 0.1) is 13.8 Å². The van der Waals surface area contributed by atoms with Crippen LogP contribution >= 0.6 is 0 Å². The molecule has 1 aromatic heterocycles. The fourth-order valence-corrected chi connectivity index (χ4v) is 1.03. The minimum absolute atomic E-state index is 0.338. The van der Waals surface area contributed by atoms with Gasteiger partial charge in [-0.2, -0.15) is 26.3 Å². The molecule has 0 saturated carbocycles. The number of nitrogens with zero attached hydrogens (tertiary/aromatic N) is 2. The van der Waals surface area contributed by atoms with Gasteiger partial charge in [0.2, 0.25) is 5.82 Å². The predicted octanol–water partition coefficient (Wildman–Crippen LogP) is 3.13. The standard InChI is InChI=1S/C8H6F6N2/c1-3-4(2)15-6(8(12,13)14)16-5(3)7(9,10)11/h1-2H3. The fourth-order valence-electron chi connectivity index (χ4n) is 1.03. The maximum Gasteiger partial charge on any atom is 0.451 e. The van der Waals surface area contributed by atoms with Crippen molar-refractivity contribution >= 4 is 0 Å². The molecule has 0 spiro atoms. The summed E-state index contributed by atoms with van der Waals surface area (Å²) in [4.78, 5) is 5.50. The molecule has 0 saturated heterocycles. The summed E-state index contributed by atoms with van der Waals surface area (Å²) < 4.78 is 73.5. The lowest BCUT2D eigenvalue weighted by Gasteiger charge is -2.13. The van der Waals surface area contributed by atoms with Crippen LogP contribution in [0.1, 0.15) is 22.8 Å². The van der Waals surface area contributed by atoms with Gasteiger partial charge in [-0.3, -0.25) is 0 Å². The van der Waals surface area contributed by atoms with Gasteiger partial charge in [-0.05, 0) is 13.8 Å². The third-order valence-electron chi connectivity index (χ3n) is 1.91. The van der Waals surface area contributed by atoms with Gasteiger partial charge in [0.25, 0.3) is 0 Å². The summed E-state index contributed by atoms with van der Waals surface area (Å²) in [5, 5.41) is 0. The summed E-state index contributed by atoms with van der Waals surface area (Å²) in [6.45, 7) is 2.10. The normalized spacial score (nSPS) is 13.0. The SMILES string of the molecule is Cc1nc(C(F)(F)F)nc(C(F)(F)F)c1C. The zero-order valence-electron chi connectivity index (χ0n) is 8.16. The molecule has 1 heterocycles. The highest BCUT2D eigenvalue weighted by molar-refractivity contribution is 5.26. The first kappa shape index (κ1) is 12.7. The number of hydrogen-bond donors (Lipinski definition) is 0. The van der Waals surface area contributed by atoms with Crippen molar-refractivity contribution in [1.82, 2.24) is 9.97 Å². The van der Waals surface area contributed by atoms with Crippen LogP contribution in [0.4, 0.5) is 26.3 Å². The highest BCUT2D eigenvalue weighted by Crippen LogP contribution is 2.34. The van der Waals surface area contributed by atoms with Gasteiger partial charge in [-0.15, -0.1) is 0 Å². The zero-order chi connectivity index (χ0) is 12.7. The summed E-state index contributed by atoms with van der Waals surface area (Å²) in [7, 11) is 0. The van der Waals surface area contributed by atoms with E-state index in [2.05, 4.69) is 9.97 Å². The minimum atomic E-state index is -4.99. The molecule has 0 atom stereocenters. The number of aryl methyl sites for hydroxylation is 1. The van der Waals surface area contributed by atoms with Gasteiger partial charge >= 0.3 is 12.4 Å². The molecule has 0 aliphatic heterocycles. The molecule has 1 rings (SSSR count). The smallest absolute Gasteiger partial charge is 0.229 e. The first-order chi connectivity index (χ1) is 7.03. The number of aromatic nitrogens is 2. The minimum Gasteiger partial charge on any atom is -0.229 e. The van der Waals surface area contributed by atoms with Gasteiger partial charge in [0.1, 0.15) is 0 Å². The fraction of sp³-hybridized carbons (Fsp3) is 0.500. The summed E-state index contributed by atoms with van der Waals surface area (Å²) in [5.74, 6) is -1.78. The number of alkyl halides is 6. The number of halogens is 6. The van der Waals surface area contributed by atoms with E-state index >= 15 is 0 Å². The highest BCUT2D eigenvalue weighted by Gasteiger charge is 2.41. The molecule has 0 aromatic carbocycles. The van der Waals surface area contributed by atoms with Crippen LogP contribution < -0.4 is 0 Å². The molecule has 90 valence electrons. The first-order valence-electron chi connectivity index (χ1n) is 4.03. The van der Waals surface area contributed by atoms with Gasteiger partial charge in [0.05, 0.1) is 0 Å². The van der Waals surface area contributed by atoms with Crippen molar-refractivity contribution in [3.63, 3.8) is 0 Å². The Balaban J connectivity index is 3.46. The maximum atomic E-state index is 12.3. The van der Waals surface area contributed by atoms with Gasteiger partial charge < -0.3 is 0 Å². The largest absolute Gasteiger partial charge is 0.451 e. The summed E-state index contributed by atoms with van der Waals surface area (Å²) >= 11 is 0. The molecule has 0 aliphatic rings. The Kier molecular flexibility index (Phi) is 2.86. The lowest BCUT2D eigenvalue weighted by Crippen LogP contribution is -2.19. The van der Waals surface area contributed by atoms with Crippen LogP contribution in [0.5, 0.6) is 0 Å². The van der Waals surface area contributed by atoms with E-state index in [4.69, 9.17) is 0 Å². The van der Waals surface area contributed by atoms with Gasteiger partial charge in [0.15, 0.2) is 5.69 Å². The second-order valence-corrected chi connectivity index (χ2v) is 3.10. The summed E-state index contributed by atoms with van der Waals surface area (Å²) in [6, 6.07) is 0. The van der Waals surface area contributed by atoms with Crippen LogP contribution in [0.3, 0.4) is 0 Å². The topological polar surface area (TPSA) is 25.8 Å². The lowest BCUT2D eigenvalue weighted by molar-refractivity contribution is -0.153. The van der Waals surface area contributed by atoms with E-state index in [9.17, 15) is 26.3 Å². The molecule has 0 bridgehead atoms. The second-order valence-electron chi connectivity index (χ2n) is 3.10. The Hall–Kier alpha value is -1.34. The number of hydrogen-bond acceptors (Lipinski definition) is 2. The van der Waals surface area contributed by atoms with Crippen molar-refractivity contribution in [1.29, 1.82) is 0 Å². The molecule has 1 aromatic rings. The Bertz CT molecular complexity index is 406. The zero-order valence-corrected chi connectivity index (χ0v) is 8.16. The van der Waals surface area contributed by atoms with E-state index in [-0.39, 0.29) is 5.69 Å². The quantitative estimate of drug-likeness (QED) is 0.655. The maximum absolute atomic E-state index is 12.3. The van der Waals surface area contributed by atoms with E-state index in [0.717, 1.165) is 13.8 Å². The molecule has 0 amide bonds. The molecular weight excluding hydrogens is 238 g/mol. The molecule has 0 unspecified atom stereocenters. The average Bonchev–Trinajstić information content (AvgIpc) is 2.05. The lowest BCUT2D eigenvalue weighted by atomic mass is 10.2. The molecule has 0 radical (unpaired) electrons. The average molecular weight is 244 g/mol. The van der Waals surface area contributed by atoms with Crippen LogP contribution in [0.25, 0.3) is 0 Å². The molecule has 0 N–H and O–H groups in total. The van der Waals surface area contributed by atoms with E-state index in [1.54, 1.807) is 0 Å². The van der Waals surface area contributed by atoms with E-state index in [1.165, 1.54) is 0 Å². The highest BCUT2D eigenvalue weighted by atomic mass is 19.4. The van der Waals surface area contributed by atoms with Crippen molar-refractivity contribution in [2.75, 3.05) is 0 Å². The Morgan fingerprint density at radius 1 is 0.812 bits per heavy atom. The Morgan fingerprint density at radius 2 is 1.31 bits per heavy atom. The first-order valence-corrected chi connectivity index (χ1v) is 4.03. The van der Waals surface area contributed by atoms with Crippen LogP contribution in [0.15, 0.2) is 0 Å². The summed E-state index contributed by atoms with van der Waals surface area (Å²) in [5.41, 5.74) is -2.29. The Morgan fingerprint density at radius 3 is 1.69 bits per heavy atom. The molecular formula is C8H6F6N2. The van der Waals surface area contributed by atoms with Crippen molar-refractivity contribution in [3.05, 3.63) is 22.8 Å². The monoisotopic (exact) mass is 244 g/mol. The van der Waals surface area contributed by atoms with Crippen LogP contribution in [-0.2, 0) is 12.4 Å². The van der Waals surface area contributed by atoms with Gasteiger partial charge in [-0.25, -0.2) is 9.97 Å². The van der Waals surface area contributed by atoms with E-state index in [1.807, 2.05) is 0 Å². The molecule has 0 aliphatic carbocycles. The van der Waals surface area contributed by atoms with Crippen molar-refractivity contribution in [2.45, 2.75) is 26.2 Å². The van der Waals surface area contributed by atoms with Gasteiger partial charge in [0, 0.05) is 11.3 Å².